The van der Waals surface area contributed by atoms with Crippen LogP contribution in [0.1, 0.15) is 19.3 Å². The van der Waals surface area contributed by atoms with Gasteiger partial charge in [-0.15, -0.1) is 11.8 Å². The van der Waals surface area contributed by atoms with Gasteiger partial charge in [-0.1, -0.05) is 0 Å². The van der Waals surface area contributed by atoms with Crippen molar-refractivity contribution in [2.45, 2.75) is 36.4 Å². The van der Waals surface area contributed by atoms with E-state index >= 15 is 0 Å². The number of halogens is 4. The Balaban J connectivity index is 1.96. The van der Waals surface area contributed by atoms with Crippen molar-refractivity contribution in [1.82, 2.24) is 4.90 Å². The van der Waals surface area contributed by atoms with Crippen LogP contribution in [-0.4, -0.2) is 35.3 Å². The van der Waals surface area contributed by atoms with Crippen LogP contribution < -0.4 is 0 Å². The number of carbonyl (C=O) groups excluding carboxylic acids is 1. The van der Waals surface area contributed by atoms with E-state index in [2.05, 4.69) is 0 Å². The maximum Gasteiger partial charge on any atom is 0.408 e. The molecule has 21 heavy (non-hydrogen) atoms. The van der Waals surface area contributed by atoms with Crippen molar-refractivity contribution in [2.75, 3.05) is 12.3 Å². The normalized spacial score (nSPS) is 19.6. The van der Waals surface area contributed by atoms with Gasteiger partial charge in [-0.3, -0.25) is 4.79 Å². The van der Waals surface area contributed by atoms with Gasteiger partial charge in [0.05, 0.1) is 5.75 Å². The van der Waals surface area contributed by atoms with Gasteiger partial charge in [-0.2, -0.15) is 13.2 Å². The van der Waals surface area contributed by atoms with Crippen LogP contribution in [0.15, 0.2) is 29.2 Å². The number of thioether (sulfide) groups is 1. The third kappa shape index (κ3) is 4.36. The zero-order valence-electron chi connectivity index (χ0n) is 11.2. The van der Waals surface area contributed by atoms with E-state index in [-0.39, 0.29) is 24.5 Å². The minimum atomic E-state index is -4.38. The van der Waals surface area contributed by atoms with Crippen molar-refractivity contribution < 1.29 is 22.4 Å². The number of carbonyl (C=O) groups is 1. The van der Waals surface area contributed by atoms with Gasteiger partial charge in [-0.05, 0) is 43.5 Å². The fraction of sp³-hybridized carbons (Fsp3) is 0.500. The molecule has 0 radical (unpaired) electrons. The first-order chi connectivity index (χ1) is 9.88. The van der Waals surface area contributed by atoms with E-state index in [1.165, 1.54) is 24.3 Å². The Labute approximate surface area is 124 Å². The summed E-state index contributed by atoms with van der Waals surface area (Å²) in [5, 5.41) is 0. The predicted octanol–water partition coefficient (Wildman–Crippen LogP) is 3.86. The lowest BCUT2D eigenvalue weighted by molar-refractivity contribution is -0.194. The van der Waals surface area contributed by atoms with E-state index in [1.54, 1.807) is 0 Å². The van der Waals surface area contributed by atoms with Gasteiger partial charge in [0.15, 0.2) is 0 Å². The number of hydrogen-bond acceptors (Lipinski definition) is 2. The third-order valence-electron chi connectivity index (χ3n) is 3.38. The van der Waals surface area contributed by atoms with E-state index in [0.717, 1.165) is 16.7 Å². The van der Waals surface area contributed by atoms with E-state index < -0.39 is 18.1 Å². The van der Waals surface area contributed by atoms with Gasteiger partial charge < -0.3 is 4.90 Å². The molecule has 1 aromatic rings. The summed E-state index contributed by atoms with van der Waals surface area (Å²) in [5.74, 6) is -0.983. The predicted molar refractivity (Wildman–Crippen MR) is 72.5 cm³/mol. The van der Waals surface area contributed by atoms with Crippen molar-refractivity contribution in [3.8, 4) is 0 Å². The second kappa shape index (κ2) is 6.68. The summed E-state index contributed by atoms with van der Waals surface area (Å²) >= 11 is 1.12. The lowest BCUT2D eigenvalue weighted by atomic mass is 10.0. The number of likely N-dealkylation sites (tertiary alicyclic amines) is 1. The largest absolute Gasteiger partial charge is 0.408 e. The summed E-state index contributed by atoms with van der Waals surface area (Å²) < 4.78 is 51.5. The maximum atomic E-state index is 12.9. The molecule has 1 aromatic carbocycles. The molecule has 1 saturated heterocycles. The van der Waals surface area contributed by atoms with Crippen LogP contribution in [0.4, 0.5) is 17.6 Å². The van der Waals surface area contributed by atoms with Crippen molar-refractivity contribution in [3.63, 3.8) is 0 Å². The van der Waals surface area contributed by atoms with Crippen LogP contribution in [0, 0.1) is 5.82 Å². The van der Waals surface area contributed by atoms with Crippen molar-refractivity contribution in [3.05, 3.63) is 30.1 Å². The molecule has 1 heterocycles. The molecule has 0 bridgehead atoms. The van der Waals surface area contributed by atoms with Crippen LogP contribution in [-0.2, 0) is 4.79 Å². The Kier molecular flexibility index (Phi) is 5.13. The zero-order chi connectivity index (χ0) is 15.5. The van der Waals surface area contributed by atoms with Crippen molar-refractivity contribution in [1.29, 1.82) is 0 Å². The smallest absolute Gasteiger partial charge is 0.330 e. The lowest BCUT2D eigenvalue weighted by Gasteiger charge is -2.36. The Bertz CT molecular complexity index is 489. The van der Waals surface area contributed by atoms with Crippen LogP contribution in [0.25, 0.3) is 0 Å². The number of amides is 1. The SMILES string of the molecule is O=C(CSc1ccc(F)cc1)N1CCCCC1C(F)(F)F. The molecule has 0 saturated carbocycles. The average Bonchev–Trinajstić information content (AvgIpc) is 2.45. The molecule has 0 N–H and O–H groups in total. The highest BCUT2D eigenvalue weighted by Crippen LogP contribution is 2.32. The monoisotopic (exact) mass is 321 g/mol. The second-order valence-electron chi connectivity index (χ2n) is 4.88. The summed E-state index contributed by atoms with van der Waals surface area (Å²) in [5.41, 5.74) is 0. The van der Waals surface area contributed by atoms with Crippen LogP contribution in [0.2, 0.25) is 0 Å². The molecule has 7 heteroatoms. The first-order valence-corrected chi connectivity index (χ1v) is 7.61. The summed E-state index contributed by atoms with van der Waals surface area (Å²) in [6.45, 7) is 0.146. The third-order valence-corrected chi connectivity index (χ3v) is 4.37. The molecule has 0 aromatic heterocycles. The van der Waals surface area contributed by atoms with E-state index in [0.29, 0.717) is 17.7 Å². The Morgan fingerprint density at radius 2 is 1.90 bits per heavy atom. The topological polar surface area (TPSA) is 20.3 Å². The molecule has 1 unspecified atom stereocenters. The molecule has 1 fully saturated rings. The molecule has 0 aliphatic carbocycles. The fourth-order valence-electron chi connectivity index (χ4n) is 2.33. The first kappa shape index (κ1) is 16.1. The highest BCUT2D eigenvalue weighted by molar-refractivity contribution is 8.00. The van der Waals surface area contributed by atoms with Gasteiger partial charge in [0, 0.05) is 11.4 Å². The van der Waals surface area contributed by atoms with Gasteiger partial charge in [-0.25, -0.2) is 4.39 Å². The molecule has 1 atom stereocenters. The van der Waals surface area contributed by atoms with Gasteiger partial charge in [0.1, 0.15) is 11.9 Å². The van der Waals surface area contributed by atoms with Crippen molar-refractivity contribution in [2.24, 2.45) is 0 Å². The number of benzene rings is 1. The van der Waals surface area contributed by atoms with Gasteiger partial charge in [0.25, 0.3) is 0 Å². The second-order valence-corrected chi connectivity index (χ2v) is 5.93. The van der Waals surface area contributed by atoms with E-state index in [9.17, 15) is 22.4 Å². The summed E-state index contributed by atoms with van der Waals surface area (Å²) in [6.07, 6.45) is -3.33. The molecule has 116 valence electrons. The molecule has 2 nitrogen and oxygen atoms in total. The van der Waals surface area contributed by atoms with Crippen LogP contribution >= 0.6 is 11.8 Å². The molecule has 2 rings (SSSR count). The minimum Gasteiger partial charge on any atom is -0.330 e. The van der Waals surface area contributed by atoms with Crippen molar-refractivity contribution >= 4 is 17.7 Å². The molecular formula is C14H15F4NOS. The van der Waals surface area contributed by atoms with Crippen LogP contribution in [0.3, 0.4) is 0 Å². The van der Waals surface area contributed by atoms with E-state index in [1.807, 2.05) is 0 Å². The van der Waals surface area contributed by atoms with Gasteiger partial charge in [0.2, 0.25) is 5.91 Å². The highest BCUT2D eigenvalue weighted by atomic mass is 32.2. The number of alkyl halides is 3. The zero-order valence-corrected chi connectivity index (χ0v) is 12.0. The number of nitrogens with zero attached hydrogens (tertiary/aromatic N) is 1. The summed E-state index contributed by atoms with van der Waals surface area (Å²) in [6, 6.07) is 3.85. The quantitative estimate of drug-likeness (QED) is 0.622. The average molecular weight is 321 g/mol. The first-order valence-electron chi connectivity index (χ1n) is 6.62. The standard InChI is InChI=1S/C14H15F4NOS/c15-10-4-6-11(7-5-10)21-9-13(20)19-8-2-1-3-12(19)14(16,17)18/h4-7,12H,1-3,8-9H2. The molecule has 0 spiro atoms. The fourth-order valence-corrected chi connectivity index (χ4v) is 3.11. The van der Waals surface area contributed by atoms with Crippen LogP contribution in [0.5, 0.6) is 0 Å². The lowest BCUT2D eigenvalue weighted by Crippen LogP contribution is -2.51. The molecule has 1 amide bonds. The number of rotatable bonds is 3. The minimum absolute atomic E-state index is 0.0313. The van der Waals surface area contributed by atoms with E-state index in [4.69, 9.17) is 0 Å². The highest BCUT2D eigenvalue weighted by Gasteiger charge is 2.46. The molecular weight excluding hydrogens is 306 g/mol. The van der Waals surface area contributed by atoms with Gasteiger partial charge >= 0.3 is 6.18 Å². The summed E-state index contributed by atoms with van der Waals surface area (Å²) in [7, 11) is 0. The molecule has 1 aliphatic heterocycles. The Hall–Kier alpha value is -1.24. The molecule has 1 aliphatic rings. The summed E-state index contributed by atoms with van der Waals surface area (Å²) in [4.78, 5) is 13.6. The number of hydrogen-bond donors (Lipinski definition) is 0. The Morgan fingerprint density at radius 3 is 2.52 bits per heavy atom. The Morgan fingerprint density at radius 1 is 1.24 bits per heavy atom. The number of piperidine rings is 1. The maximum absolute atomic E-state index is 12.9.